The van der Waals surface area contributed by atoms with Crippen LogP contribution in [0.2, 0.25) is 5.02 Å². The fourth-order valence-electron chi connectivity index (χ4n) is 2.24. The van der Waals surface area contributed by atoms with Gasteiger partial charge in [0.05, 0.1) is 5.56 Å². The molecule has 0 saturated carbocycles. The Labute approximate surface area is 125 Å². The maximum Gasteiger partial charge on any atom is 0.173 e. The lowest BCUT2D eigenvalue weighted by Crippen LogP contribution is -2.36. The number of fused-ring (bicyclic) bond motifs is 1. The molecule has 0 aliphatic carbocycles. The minimum Gasteiger partial charge on any atom is -0.504 e. The third-order valence-corrected chi connectivity index (χ3v) is 3.62. The molecule has 0 spiro atoms. The van der Waals surface area contributed by atoms with Crippen LogP contribution in [0.25, 0.3) is 11.1 Å². The van der Waals surface area contributed by atoms with E-state index >= 15 is 0 Å². The molecular formula is C15H13ClFNO3. The highest BCUT2D eigenvalue weighted by atomic mass is 35.5. The summed E-state index contributed by atoms with van der Waals surface area (Å²) in [5.74, 6) is -0.838. The van der Waals surface area contributed by atoms with Gasteiger partial charge in [0, 0.05) is 23.2 Å². The van der Waals surface area contributed by atoms with Crippen LogP contribution in [0.3, 0.4) is 0 Å². The van der Waals surface area contributed by atoms with Crippen LogP contribution in [0.15, 0.2) is 30.3 Å². The number of ether oxygens (including phenoxy) is 2. The number of phenolic OH excluding ortho intramolecular Hbond substituents is 1. The Balaban J connectivity index is 2.24. The second-order valence-corrected chi connectivity index (χ2v) is 5.08. The smallest absolute Gasteiger partial charge is 0.173 e. The van der Waals surface area contributed by atoms with Crippen molar-refractivity contribution in [3.05, 3.63) is 41.2 Å². The van der Waals surface area contributed by atoms with E-state index < -0.39 is 11.6 Å². The van der Waals surface area contributed by atoms with Crippen molar-refractivity contribution in [1.29, 1.82) is 0 Å². The van der Waals surface area contributed by atoms with Gasteiger partial charge in [0.25, 0.3) is 0 Å². The van der Waals surface area contributed by atoms with Crippen molar-refractivity contribution >= 4 is 11.6 Å². The van der Waals surface area contributed by atoms with Crippen LogP contribution in [-0.4, -0.2) is 24.4 Å². The maximum absolute atomic E-state index is 13.9. The van der Waals surface area contributed by atoms with E-state index in [2.05, 4.69) is 0 Å². The molecule has 4 nitrogen and oxygen atoms in total. The van der Waals surface area contributed by atoms with Crippen LogP contribution in [0.1, 0.15) is 0 Å². The Bertz CT molecular complexity index is 693. The van der Waals surface area contributed by atoms with Gasteiger partial charge in [0.2, 0.25) is 0 Å². The molecule has 21 heavy (non-hydrogen) atoms. The zero-order valence-electron chi connectivity index (χ0n) is 11.0. The molecule has 1 aliphatic rings. The molecule has 0 bridgehead atoms. The van der Waals surface area contributed by atoms with E-state index in [0.717, 1.165) is 6.07 Å². The van der Waals surface area contributed by atoms with Crippen molar-refractivity contribution < 1.29 is 19.0 Å². The van der Waals surface area contributed by atoms with Crippen molar-refractivity contribution in [2.75, 3.05) is 13.2 Å². The van der Waals surface area contributed by atoms with Crippen LogP contribution >= 0.6 is 11.6 Å². The van der Waals surface area contributed by atoms with E-state index in [1.807, 2.05) is 0 Å². The number of hydrogen-bond acceptors (Lipinski definition) is 4. The largest absolute Gasteiger partial charge is 0.504 e. The standard InChI is InChI=1S/C15H13ClFNO3/c16-10-4-2-1-3-9(10)13-14(19)11(17)5-12-15(13)21-8(6-18)7-20-12/h1-5,8,19H,6-7,18H2/t8-/m0/s1. The van der Waals surface area contributed by atoms with Crippen molar-refractivity contribution in [2.45, 2.75) is 6.10 Å². The number of hydrogen-bond donors (Lipinski definition) is 2. The van der Waals surface area contributed by atoms with Crippen molar-refractivity contribution in [2.24, 2.45) is 5.73 Å². The van der Waals surface area contributed by atoms with Gasteiger partial charge in [0.15, 0.2) is 23.1 Å². The SMILES string of the molecule is NC[C@H]1COc2cc(F)c(O)c(-c3ccccc3Cl)c2O1. The van der Waals surface area contributed by atoms with Gasteiger partial charge in [-0.1, -0.05) is 29.8 Å². The molecule has 6 heteroatoms. The molecule has 0 amide bonds. The number of halogens is 2. The molecule has 1 heterocycles. The Hall–Kier alpha value is -1.98. The van der Waals surface area contributed by atoms with E-state index in [9.17, 15) is 9.50 Å². The summed E-state index contributed by atoms with van der Waals surface area (Å²) in [6.07, 6.45) is -0.358. The van der Waals surface area contributed by atoms with Crippen LogP contribution in [-0.2, 0) is 0 Å². The second kappa shape index (κ2) is 5.42. The van der Waals surface area contributed by atoms with E-state index in [1.54, 1.807) is 24.3 Å². The normalized spacial score (nSPS) is 16.8. The number of aromatic hydroxyl groups is 1. The monoisotopic (exact) mass is 309 g/mol. The molecule has 1 atom stereocenters. The minimum absolute atomic E-state index is 0.175. The predicted octanol–water partition coefficient (Wildman–Crippen LogP) is 2.95. The zero-order valence-corrected chi connectivity index (χ0v) is 11.7. The third-order valence-electron chi connectivity index (χ3n) is 3.29. The lowest BCUT2D eigenvalue weighted by Gasteiger charge is -2.28. The summed E-state index contributed by atoms with van der Waals surface area (Å²) in [4.78, 5) is 0. The number of nitrogens with two attached hydrogens (primary N) is 1. The molecule has 0 fully saturated rings. The summed E-state index contributed by atoms with van der Waals surface area (Å²) in [6, 6.07) is 7.90. The van der Waals surface area contributed by atoms with E-state index in [0.29, 0.717) is 10.6 Å². The molecular weight excluding hydrogens is 297 g/mol. The Kier molecular flexibility index (Phi) is 3.61. The van der Waals surface area contributed by atoms with Gasteiger partial charge >= 0.3 is 0 Å². The molecule has 0 unspecified atom stereocenters. The van der Waals surface area contributed by atoms with Gasteiger partial charge < -0.3 is 20.3 Å². The zero-order chi connectivity index (χ0) is 15.0. The van der Waals surface area contributed by atoms with Gasteiger partial charge in [-0.25, -0.2) is 4.39 Å². The highest BCUT2D eigenvalue weighted by Crippen LogP contribution is 2.49. The average molecular weight is 310 g/mol. The molecule has 3 rings (SSSR count). The summed E-state index contributed by atoms with van der Waals surface area (Å²) in [5, 5.41) is 10.5. The lowest BCUT2D eigenvalue weighted by atomic mass is 10.0. The third kappa shape index (κ3) is 2.39. The highest BCUT2D eigenvalue weighted by molar-refractivity contribution is 6.33. The molecule has 110 valence electrons. The molecule has 3 N–H and O–H groups in total. The first-order valence-electron chi connectivity index (χ1n) is 6.41. The highest BCUT2D eigenvalue weighted by Gasteiger charge is 2.28. The topological polar surface area (TPSA) is 64.7 Å². The van der Waals surface area contributed by atoms with E-state index in [-0.39, 0.29) is 36.3 Å². The number of rotatable bonds is 2. The predicted molar refractivity (Wildman–Crippen MR) is 77.5 cm³/mol. The second-order valence-electron chi connectivity index (χ2n) is 4.68. The first-order valence-corrected chi connectivity index (χ1v) is 6.79. The van der Waals surface area contributed by atoms with E-state index in [4.69, 9.17) is 26.8 Å². The lowest BCUT2D eigenvalue weighted by molar-refractivity contribution is 0.0966. The first-order chi connectivity index (χ1) is 10.1. The first kappa shape index (κ1) is 14.0. The maximum atomic E-state index is 13.9. The molecule has 0 radical (unpaired) electrons. The summed E-state index contributed by atoms with van der Waals surface area (Å²) >= 11 is 6.14. The van der Waals surface area contributed by atoms with Crippen LogP contribution in [0.5, 0.6) is 17.2 Å². The summed E-state index contributed by atoms with van der Waals surface area (Å²) in [7, 11) is 0. The minimum atomic E-state index is -0.793. The molecule has 0 aromatic heterocycles. The molecule has 0 saturated heterocycles. The van der Waals surface area contributed by atoms with Crippen LogP contribution in [0.4, 0.5) is 4.39 Å². The van der Waals surface area contributed by atoms with Gasteiger partial charge in [-0.2, -0.15) is 0 Å². The molecule has 2 aromatic carbocycles. The van der Waals surface area contributed by atoms with Crippen LogP contribution < -0.4 is 15.2 Å². The number of phenols is 1. The molecule has 1 aliphatic heterocycles. The summed E-state index contributed by atoms with van der Waals surface area (Å²) in [6.45, 7) is 0.481. The summed E-state index contributed by atoms with van der Waals surface area (Å²) in [5.41, 5.74) is 6.22. The van der Waals surface area contributed by atoms with Gasteiger partial charge in [-0.15, -0.1) is 0 Å². The number of benzene rings is 2. The quantitative estimate of drug-likeness (QED) is 0.895. The van der Waals surface area contributed by atoms with Crippen molar-refractivity contribution in [3.63, 3.8) is 0 Å². The summed E-state index contributed by atoms with van der Waals surface area (Å²) < 4.78 is 25.1. The van der Waals surface area contributed by atoms with E-state index in [1.165, 1.54) is 0 Å². The van der Waals surface area contributed by atoms with Gasteiger partial charge in [0.1, 0.15) is 12.7 Å². The fraction of sp³-hybridized carbons (Fsp3) is 0.200. The van der Waals surface area contributed by atoms with Gasteiger partial charge in [-0.3, -0.25) is 0 Å². The Morgan fingerprint density at radius 2 is 2.14 bits per heavy atom. The Morgan fingerprint density at radius 1 is 1.38 bits per heavy atom. The van der Waals surface area contributed by atoms with Gasteiger partial charge in [-0.05, 0) is 6.07 Å². The molecule has 2 aromatic rings. The average Bonchev–Trinajstić information content (AvgIpc) is 2.49. The Morgan fingerprint density at radius 3 is 2.86 bits per heavy atom. The fourth-order valence-corrected chi connectivity index (χ4v) is 2.47. The van der Waals surface area contributed by atoms with Crippen molar-refractivity contribution in [3.8, 4) is 28.4 Å². The van der Waals surface area contributed by atoms with Crippen molar-refractivity contribution in [1.82, 2.24) is 0 Å². The van der Waals surface area contributed by atoms with Crippen LogP contribution in [0, 0.1) is 5.82 Å².